The second-order valence-electron chi connectivity index (χ2n) is 9.08. The molecule has 0 radical (unpaired) electrons. The molecule has 0 atom stereocenters. The summed E-state index contributed by atoms with van der Waals surface area (Å²) in [6, 6.07) is 19.5. The second-order valence-corrected chi connectivity index (χ2v) is 9.08. The zero-order chi connectivity index (χ0) is 20.2. The molecule has 1 heterocycles. The molecule has 1 saturated heterocycles. The van der Waals surface area contributed by atoms with Crippen LogP contribution in [-0.2, 0) is 22.3 Å². The molecule has 0 unspecified atom stereocenters. The summed E-state index contributed by atoms with van der Waals surface area (Å²) < 4.78 is 0. The molecule has 0 saturated carbocycles. The topological polar surface area (TPSA) is 32.3 Å². The van der Waals surface area contributed by atoms with Gasteiger partial charge in [0.2, 0.25) is 5.91 Å². The van der Waals surface area contributed by atoms with Gasteiger partial charge in [-0.2, -0.15) is 0 Å². The maximum absolute atomic E-state index is 12.4. The molecule has 1 aliphatic heterocycles. The van der Waals surface area contributed by atoms with Crippen LogP contribution < -0.4 is 5.32 Å². The minimum Gasteiger partial charge on any atom is -0.346 e. The number of hydrogen-bond donors (Lipinski definition) is 1. The van der Waals surface area contributed by atoms with Crippen molar-refractivity contribution in [3.63, 3.8) is 0 Å². The number of rotatable bonds is 5. The van der Waals surface area contributed by atoms with Crippen molar-refractivity contribution in [3.05, 3.63) is 71.3 Å². The molecule has 1 N–H and O–H groups in total. The van der Waals surface area contributed by atoms with Gasteiger partial charge in [0, 0.05) is 26.1 Å². The van der Waals surface area contributed by atoms with E-state index in [0.717, 1.165) is 32.5 Å². The van der Waals surface area contributed by atoms with Crippen LogP contribution in [-0.4, -0.2) is 23.9 Å². The molecular formula is C25H34N2O. The van der Waals surface area contributed by atoms with E-state index in [1.54, 1.807) is 0 Å². The maximum atomic E-state index is 12.4. The first-order chi connectivity index (χ1) is 13.3. The highest BCUT2D eigenvalue weighted by atomic mass is 16.1. The molecule has 0 aliphatic carbocycles. The van der Waals surface area contributed by atoms with E-state index in [1.807, 2.05) is 6.92 Å². The molecule has 0 bridgehead atoms. The average Bonchev–Trinajstić information content (AvgIpc) is 2.70. The lowest BCUT2D eigenvalue weighted by Crippen LogP contribution is -2.52. The first-order valence-electron chi connectivity index (χ1n) is 10.5. The van der Waals surface area contributed by atoms with Crippen LogP contribution in [0.4, 0.5) is 0 Å². The fourth-order valence-corrected chi connectivity index (χ4v) is 4.06. The highest BCUT2D eigenvalue weighted by molar-refractivity contribution is 5.76. The first-order valence-corrected chi connectivity index (χ1v) is 10.5. The Balaban J connectivity index is 1.82. The van der Waals surface area contributed by atoms with Crippen molar-refractivity contribution in [1.29, 1.82) is 0 Å². The van der Waals surface area contributed by atoms with Crippen molar-refractivity contribution in [2.45, 2.75) is 64.5 Å². The summed E-state index contributed by atoms with van der Waals surface area (Å²) in [6.07, 6.45) is 2.41. The number of likely N-dealkylation sites (tertiary alicyclic amines) is 1. The number of benzene rings is 2. The van der Waals surface area contributed by atoms with Crippen LogP contribution in [0, 0.1) is 0 Å². The Morgan fingerprint density at radius 2 is 1.71 bits per heavy atom. The fraction of sp³-hybridized carbons (Fsp3) is 0.480. The molecule has 2 aromatic rings. The summed E-state index contributed by atoms with van der Waals surface area (Å²) >= 11 is 0. The van der Waals surface area contributed by atoms with Gasteiger partial charge >= 0.3 is 0 Å². The zero-order valence-corrected chi connectivity index (χ0v) is 17.8. The Morgan fingerprint density at radius 1 is 1.04 bits per heavy atom. The summed E-state index contributed by atoms with van der Waals surface area (Å²) in [5, 5.41) is 3.40. The lowest BCUT2D eigenvalue weighted by atomic mass is 9.77. The Morgan fingerprint density at radius 3 is 2.32 bits per heavy atom. The van der Waals surface area contributed by atoms with Crippen LogP contribution in [0.2, 0.25) is 0 Å². The van der Waals surface area contributed by atoms with Gasteiger partial charge in [0.05, 0.1) is 5.54 Å². The summed E-state index contributed by atoms with van der Waals surface area (Å²) in [5.74, 6) is 0.137. The smallest absolute Gasteiger partial charge is 0.220 e. The monoisotopic (exact) mass is 378 g/mol. The van der Waals surface area contributed by atoms with Crippen LogP contribution >= 0.6 is 0 Å². The van der Waals surface area contributed by atoms with Gasteiger partial charge in [-0.1, -0.05) is 82.3 Å². The van der Waals surface area contributed by atoms with E-state index in [9.17, 15) is 4.79 Å². The number of carbonyl (C=O) groups is 1. The molecule has 1 aliphatic rings. The van der Waals surface area contributed by atoms with Gasteiger partial charge in [-0.05, 0) is 34.9 Å². The third-order valence-electron chi connectivity index (χ3n) is 5.94. The van der Waals surface area contributed by atoms with Gasteiger partial charge in [-0.15, -0.1) is 0 Å². The minimum absolute atomic E-state index is 0.0972. The molecule has 1 fully saturated rings. The predicted molar refractivity (Wildman–Crippen MR) is 116 cm³/mol. The summed E-state index contributed by atoms with van der Waals surface area (Å²) in [4.78, 5) is 14.9. The van der Waals surface area contributed by atoms with E-state index >= 15 is 0 Å². The standard InChI is InChI=1S/C25H34N2O/c1-5-23(28)26-25(22-13-9-12-21(18-22)24(2,3)4)14-16-27(17-15-25)19-20-10-7-6-8-11-20/h6-13,18H,5,14-17,19H2,1-4H3,(H,26,28). The van der Waals surface area contributed by atoms with Gasteiger partial charge in [0.1, 0.15) is 0 Å². The molecule has 2 aromatic carbocycles. The third kappa shape index (κ3) is 4.82. The summed E-state index contributed by atoms with van der Waals surface area (Å²) in [6.45, 7) is 11.6. The van der Waals surface area contributed by atoms with Crippen LogP contribution in [0.3, 0.4) is 0 Å². The highest BCUT2D eigenvalue weighted by Gasteiger charge is 2.37. The average molecular weight is 379 g/mol. The molecular weight excluding hydrogens is 344 g/mol. The number of hydrogen-bond acceptors (Lipinski definition) is 2. The minimum atomic E-state index is -0.262. The van der Waals surface area contributed by atoms with Gasteiger partial charge in [0.25, 0.3) is 0 Å². The fourth-order valence-electron chi connectivity index (χ4n) is 4.06. The van der Waals surface area contributed by atoms with Crippen molar-refractivity contribution in [2.24, 2.45) is 0 Å². The van der Waals surface area contributed by atoms with Gasteiger partial charge in [0.15, 0.2) is 0 Å². The Kier molecular flexibility index (Phi) is 6.24. The zero-order valence-electron chi connectivity index (χ0n) is 17.8. The molecule has 0 aromatic heterocycles. The van der Waals surface area contributed by atoms with E-state index in [1.165, 1.54) is 16.7 Å². The number of carbonyl (C=O) groups excluding carboxylic acids is 1. The SMILES string of the molecule is CCC(=O)NC1(c2cccc(C(C)(C)C)c2)CCN(Cc2ccccc2)CC1. The number of amides is 1. The quantitative estimate of drug-likeness (QED) is 0.794. The Bertz CT molecular complexity index is 784. The number of piperidine rings is 1. The highest BCUT2D eigenvalue weighted by Crippen LogP contribution is 2.36. The molecule has 3 nitrogen and oxygen atoms in total. The number of nitrogens with one attached hydrogen (secondary N) is 1. The van der Waals surface area contributed by atoms with E-state index < -0.39 is 0 Å². The Labute approximate surface area is 170 Å². The maximum Gasteiger partial charge on any atom is 0.220 e. The third-order valence-corrected chi connectivity index (χ3v) is 5.94. The van der Waals surface area contributed by atoms with Crippen LogP contribution in [0.25, 0.3) is 0 Å². The molecule has 0 spiro atoms. The van der Waals surface area contributed by atoms with Crippen LogP contribution in [0.15, 0.2) is 54.6 Å². The van der Waals surface area contributed by atoms with Crippen molar-refractivity contribution in [1.82, 2.24) is 10.2 Å². The Hall–Kier alpha value is -2.13. The van der Waals surface area contributed by atoms with E-state index in [2.05, 4.69) is 85.6 Å². The molecule has 150 valence electrons. The lowest BCUT2D eigenvalue weighted by Gasteiger charge is -2.43. The van der Waals surface area contributed by atoms with Gasteiger partial charge in [-0.25, -0.2) is 0 Å². The van der Waals surface area contributed by atoms with E-state index in [-0.39, 0.29) is 16.9 Å². The molecule has 3 heteroatoms. The molecule has 28 heavy (non-hydrogen) atoms. The molecule has 3 rings (SSSR count). The van der Waals surface area contributed by atoms with Gasteiger partial charge < -0.3 is 5.32 Å². The van der Waals surface area contributed by atoms with E-state index in [4.69, 9.17) is 0 Å². The summed E-state index contributed by atoms with van der Waals surface area (Å²) in [7, 11) is 0. The van der Waals surface area contributed by atoms with Crippen molar-refractivity contribution >= 4 is 5.91 Å². The summed E-state index contributed by atoms with van der Waals surface area (Å²) in [5.41, 5.74) is 3.76. The lowest BCUT2D eigenvalue weighted by molar-refractivity contribution is -0.123. The van der Waals surface area contributed by atoms with Crippen molar-refractivity contribution in [3.8, 4) is 0 Å². The second kappa shape index (κ2) is 8.48. The number of nitrogens with zero attached hydrogens (tertiary/aromatic N) is 1. The normalized spacial score (nSPS) is 17.3. The van der Waals surface area contributed by atoms with Gasteiger partial charge in [-0.3, -0.25) is 9.69 Å². The first kappa shape index (κ1) is 20.6. The van der Waals surface area contributed by atoms with E-state index in [0.29, 0.717) is 6.42 Å². The largest absolute Gasteiger partial charge is 0.346 e. The predicted octanol–water partition coefficient (Wildman–Crippen LogP) is 5.00. The van der Waals surface area contributed by atoms with Crippen LogP contribution in [0.5, 0.6) is 0 Å². The van der Waals surface area contributed by atoms with Crippen molar-refractivity contribution < 1.29 is 4.79 Å². The van der Waals surface area contributed by atoms with Crippen molar-refractivity contribution in [2.75, 3.05) is 13.1 Å². The molecule has 1 amide bonds. The van der Waals surface area contributed by atoms with Crippen LogP contribution in [0.1, 0.15) is 63.6 Å².